The Morgan fingerprint density at radius 2 is 1.70 bits per heavy atom. The standard InChI is InChI=1S/C17H17N3/c1-12-19-16-5-3-2-4-15(16)17(20-12)14-8-6-13(7-9-14)10-11-18/h2-9H,10-11,18H2,1H3. The van der Waals surface area contributed by atoms with E-state index in [1.165, 1.54) is 5.56 Å². The smallest absolute Gasteiger partial charge is 0.126 e. The molecule has 0 saturated carbocycles. The first-order valence-corrected chi connectivity index (χ1v) is 6.80. The van der Waals surface area contributed by atoms with E-state index in [1.807, 2.05) is 25.1 Å². The van der Waals surface area contributed by atoms with Gasteiger partial charge in [0.2, 0.25) is 0 Å². The number of hydrogen-bond donors (Lipinski definition) is 1. The molecule has 100 valence electrons. The SMILES string of the molecule is Cc1nc(-c2ccc(CCN)cc2)c2ccccc2n1. The first-order chi connectivity index (χ1) is 9.78. The quantitative estimate of drug-likeness (QED) is 0.790. The molecule has 1 aromatic heterocycles. The van der Waals surface area contributed by atoms with E-state index < -0.39 is 0 Å². The van der Waals surface area contributed by atoms with Crippen LogP contribution in [0.4, 0.5) is 0 Å². The molecule has 2 aromatic carbocycles. The predicted octanol–water partition coefficient (Wildman–Crippen LogP) is 3.11. The Morgan fingerprint density at radius 3 is 2.45 bits per heavy atom. The number of nitrogens with zero attached hydrogens (tertiary/aromatic N) is 2. The summed E-state index contributed by atoms with van der Waals surface area (Å²) in [6, 6.07) is 16.6. The minimum absolute atomic E-state index is 0.675. The van der Waals surface area contributed by atoms with Crippen molar-refractivity contribution in [2.45, 2.75) is 13.3 Å². The molecule has 3 heteroatoms. The molecule has 0 saturated heterocycles. The third-order valence-electron chi connectivity index (χ3n) is 3.38. The van der Waals surface area contributed by atoms with Crippen LogP contribution in [0.1, 0.15) is 11.4 Å². The summed E-state index contributed by atoms with van der Waals surface area (Å²) in [6.07, 6.45) is 0.907. The molecule has 0 aliphatic heterocycles. The molecule has 1 heterocycles. The molecule has 0 unspecified atom stereocenters. The Bertz CT molecular complexity index is 733. The minimum Gasteiger partial charge on any atom is -0.330 e. The van der Waals surface area contributed by atoms with Gasteiger partial charge in [0.05, 0.1) is 11.2 Å². The van der Waals surface area contributed by atoms with Crippen molar-refractivity contribution in [3.63, 3.8) is 0 Å². The van der Waals surface area contributed by atoms with Gasteiger partial charge in [0.1, 0.15) is 5.82 Å². The lowest BCUT2D eigenvalue weighted by Crippen LogP contribution is -2.02. The van der Waals surface area contributed by atoms with E-state index in [9.17, 15) is 0 Å². The van der Waals surface area contributed by atoms with Gasteiger partial charge >= 0.3 is 0 Å². The van der Waals surface area contributed by atoms with Gasteiger partial charge in [-0.2, -0.15) is 0 Å². The van der Waals surface area contributed by atoms with Crippen LogP contribution in [0, 0.1) is 6.92 Å². The fraction of sp³-hybridized carbons (Fsp3) is 0.176. The van der Waals surface area contributed by atoms with Gasteiger partial charge < -0.3 is 5.73 Å². The van der Waals surface area contributed by atoms with Gasteiger partial charge in [-0.1, -0.05) is 42.5 Å². The normalized spacial score (nSPS) is 10.9. The average molecular weight is 263 g/mol. The van der Waals surface area contributed by atoms with Crippen molar-refractivity contribution in [2.24, 2.45) is 5.73 Å². The van der Waals surface area contributed by atoms with Crippen molar-refractivity contribution in [1.82, 2.24) is 9.97 Å². The summed E-state index contributed by atoms with van der Waals surface area (Å²) >= 11 is 0. The van der Waals surface area contributed by atoms with Gasteiger partial charge in [0, 0.05) is 10.9 Å². The Kier molecular flexibility index (Phi) is 3.44. The van der Waals surface area contributed by atoms with Crippen molar-refractivity contribution in [2.75, 3.05) is 6.54 Å². The second kappa shape index (κ2) is 5.39. The predicted molar refractivity (Wildman–Crippen MR) is 82.5 cm³/mol. The van der Waals surface area contributed by atoms with Gasteiger partial charge in [-0.3, -0.25) is 0 Å². The fourth-order valence-corrected chi connectivity index (χ4v) is 2.41. The summed E-state index contributed by atoms with van der Waals surface area (Å²) in [4.78, 5) is 9.09. The van der Waals surface area contributed by atoms with Crippen LogP contribution >= 0.6 is 0 Å². The molecule has 0 spiro atoms. The first kappa shape index (κ1) is 12.8. The number of benzene rings is 2. The number of nitrogens with two attached hydrogens (primary N) is 1. The van der Waals surface area contributed by atoms with Crippen molar-refractivity contribution in [3.8, 4) is 11.3 Å². The summed E-state index contributed by atoms with van der Waals surface area (Å²) < 4.78 is 0. The highest BCUT2D eigenvalue weighted by Crippen LogP contribution is 2.26. The Morgan fingerprint density at radius 1 is 0.950 bits per heavy atom. The minimum atomic E-state index is 0.675. The van der Waals surface area contributed by atoms with E-state index in [-0.39, 0.29) is 0 Å². The number of aromatic nitrogens is 2. The average Bonchev–Trinajstić information content (AvgIpc) is 2.47. The van der Waals surface area contributed by atoms with Crippen LogP contribution in [0.5, 0.6) is 0 Å². The lowest BCUT2D eigenvalue weighted by molar-refractivity contribution is 0.969. The molecular weight excluding hydrogens is 246 g/mol. The summed E-state index contributed by atoms with van der Waals surface area (Å²) in [5, 5.41) is 1.09. The molecule has 20 heavy (non-hydrogen) atoms. The Labute approximate surface area is 118 Å². The molecule has 3 aromatic rings. The molecule has 0 aliphatic rings. The van der Waals surface area contributed by atoms with Crippen LogP contribution < -0.4 is 5.73 Å². The molecule has 0 bridgehead atoms. The Hall–Kier alpha value is -2.26. The van der Waals surface area contributed by atoms with Crippen LogP contribution in [-0.2, 0) is 6.42 Å². The molecule has 0 aliphatic carbocycles. The molecular formula is C17H17N3. The number of aryl methyl sites for hydroxylation is 1. The van der Waals surface area contributed by atoms with Crippen molar-refractivity contribution in [3.05, 3.63) is 59.9 Å². The second-order valence-corrected chi connectivity index (χ2v) is 4.87. The third-order valence-corrected chi connectivity index (χ3v) is 3.38. The maximum absolute atomic E-state index is 5.58. The fourth-order valence-electron chi connectivity index (χ4n) is 2.41. The van der Waals surface area contributed by atoms with E-state index in [1.54, 1.807) is 0 Å². The molecule has 3 nitrogen and oxygen atoms in total. The lowest BCUT2D eigenvalue weighted by atomic mass is 10.0. The van der Waals surface area contributed by atoms with E-state index >= 15 is 0 Å². The summed E-state index contributed by atoms with van der Waals surface area (Å²) in [6.45, 7) is 2.60. The van der Waals surface area contributed by atoms with Gasteiger partial charge in [-0.05, 0) is 31.5 Å². The number of para-hydroxylation sites is 1. The van der Waals surface area contributed by atoms with Crippen molar-refractivity contribution < 1.29 is 0 Å². The maximum atomic E-state index is 5.58. The monoisotopic (exact) mass is 263 g/mol. The molecule has 2 N–H and O–H groups in total. The van der Waals surface area contributed by atoms with Gasteiger partial charge in [-0.15, -0.1) is 0 Å². The molecule has 0 amide bonds. The zero-order valence-corrected chi connectivity index (χ0v) is 11.5. The summed E-state index contributed by atoms with van der Waals surface area (Å²) in [5.41, 5.74) is 9.94. The largest absolute Gasteiger partial charge is 0.330 e. The third kappa shape index (κ3) is 2.40. The first-order valence-electron chi connectivity index (χ1n) is 6.80. The lowest BCUT2D eigenvalue weighted by Gasteiger charge is -2.08. The van der Waals surface area contributed by atoms with Crippen LogP contribution in [0.3, 0.4) is 0 Å². The Balaban J connectivity index is 2.13. The van der Waals surface area contributed by atoms with Crippen molar-refractivity contribution in [1.29, 1.82) is 0 Å². The van der Waals surface area contributed by atoms with Crippen LogP contribution in [0.2, 0.25) is 0 Å². The van der Waals surface area contributed by atoms with Gasteiger partial charge in [0.15, 0.2) is 0 Å². The van der Waals surface area contributed by atoms with Gasteiger partial charge in [0.25, 0.3) is 0 Å². The number of hydrogen-bond acceptors (Lipinski definition) is 3. The van der Waals surface area contributed by atoms with Crippen LogP contribution in [0.15, 0.2) is 48.5 Å². The molecule has 3 rings (SSSR count). The van der Waals surface area contributed by atoms with E-state index in [0.717, 1.165) is 34.4 Å². The second-order valence-electron chi connectivity index (χ2n) is 4.87. The molecule has 0 atom stereocenters. The molecule has 0 fully saturated rings. The van der Waals surface area contributed by atoms with Crippen LogP contribution in [-0.4, -0.2) is 16.5 Å². The van der Waals surface area contributed by atoms with E-state index in [4.69, 9.17) is 5.73 Å². The highest BCUT2D eigenvalue weighted by atomic mass is 14.9. The highest BCUT2D eigenvalue weighted by molar-refractivity contribution is 5.92. The zero-order chi connectivity index (χ0) is 13.9. The van der Waals surface area contributed by atoms with E-state index in [0.29, 0.717) is 6.54 Å². The summed E-state index contributed by atoms with van der Waals surface area (Å²) in [5.74, 6) is 0.796. The zero-order valence-electron chi connectivity index (χ0n) is 11.5. The topological polar surface area (TPSA) is 51.8 Å². The molecule has 0 radical (unpaired) electrons. The number of fused-ring (bicyclic) bond motifs is 1. The summed E-state index contributed by atoms with van der Waals surface area (Å²) in [7, 11) is 0. The van der Waals surface area contributed by atoms with Crippen molar-refractivity contribution >= 4 is 10.9 Å². The van der Waals surface area contributed by atoms with Gasteiger partial charge in [-0.25, -0.2) is 9.97 Å². The number of rotatable bonds is 3. The van der Waals surface area contributed by atoms with Crippen LogP contribution in [0.25, 0.3) is 22.2 Å². The van der Waals surface area contributed by atoms with E-state index in [2.05, 4.69) is 40.3 Å². The highest BCUT2D eigenvalue weighted by Gasteiger charge is 2.07. The maximum Gasteiger partial charge on any atom is 0.126 e.